The van der Waals surface area contributed by atoms with E-state index in [1.54, 1.807) is 25.1 Å². The first-order valence-electron chi connectivity index (χ1n) is 10.4. The normalized spacial score (nSPS) is 16.2. The zero-order chi connectivity index (χ0) is 21.9. The molecule has 0 radical (unpaired) electrons. The third-order valence-corrected chi connectivity index (χ3v) is 6.35. The molecule has 1 heterocycles. The second kappa shape index (κ2) is 9.08. The van der Waals surface area contributed by atoms with Crippen LogP contribution < -0.4 is 14.9 Å². The molecule has 2 N–H and O–H groups in total. The van der Waals surface area contributed by atoms with Crippen molar-refractivity contribution in [3.8, 4) is 0 Å². The monoisotopic (exact) mass is 429 g/mol. The van der Waals surface area contributed by atoms with Crippen molar-refractivity contribution in [2.24, 2.45) is 5.92 Å². The van der Waals surface area contributed by atoms with Gasteiger partial charge in [0.25, 0.3) is 5.91 Å². The Hall–Kier alpha value is -2.54. The highest BCUT2D eigenvalue weighted by Gasteiger charge is 2.18. The summed E-state index contributed by atoms with van der Waals surface area (Å²) in [5.74, 6) is 0.566. The van der Waals surface area contributed by atoms with E-state index >= 15 is 0 Å². The highest BCUT2D eigenvalue weighted by atomic mass is 32.2. The molecule has 30 heavy (non-hydrogen) atoms. The Morgan fingerprint density at radius 1 is 1.10 bits per heavy atom. The molecular weight excluding hydrogens is 398 g/mol. The van der Waals surface area contributed by atoms with E-state index in [-0.39, 0.29) is 11.9 Å². The molecular formula is C23H31N3O3S. The number of nitrogens with zero attached hydrogens (tertiary/aromatic N) is 1. The maximum Gasteiger partial charge on any atom is 0.252 e. The van der Waals surface area contributed by atoms with Gasteiger partial charge in [0, 0.05) is 24.3 Å². The molecule has 2 aromatic carbocycles. The van der Waals surface area contributed by atoms with Crippen LogP contribution >= 0.6 is 0 Å². The summed E-state index contributed by atoms with van der Waals surface area (Å²) in [6.07, 6.45) is 3.54. The largest absolute Gasteiger partial charge is 0.372 e. The van der Waals surface area contributed by atoms with Crippen molar-refractivity contribution < 1.29 is 13.2 Å². The van der Waals surface area contributed by atoms with Gasteiger partial charge in [0.1, 0.15) is 0 Å². The molecule has 0 bridgehead atoms. The van der Waals surface area contributed by atoms with Gasteiger partial charge in [-0.3, -0.25) is 9.52 Å². The van der Waals surface area contributed by atoms with Crippen molar-refractivity contribution in [3.05, 3.63) is 59.2 Å². The molecule has 2 aromatic rings. The number of carbonyl (C=O) groups is 1. The molecule has 1 unspecified atom stereocenters. The molecule has 1 atom stereocenters. The van der Waals surface area contributed by atoms with Crippen LogP contribution in [0.1, 0.15) is 54.2 Å². The third-order valence-electron chi connectivity index (χ3n) is 5.76. The molecule has 1 amide bonds. The fourth-order valence-corrected chi connectivity index (χ4v) is 4.41. The Kier molecular flexibility index (Phi) is 6.71. The van der Waals surface area contributed by atoms with Gasteiger partial charge >= 0.3 is 0 Å². The van der Waals surface area contributed by atoms with E-state index in [4.69, 9.17) is 0 Å². The lowest BCUT2D eigenvalue weighted by Crippen LogP contribution is -2.32. The molecule has 0 spiro atoms. The van der Waals surface area contributed by atoms with Crippen LogP contribution in [0.15, 0.2) is 42.5 Å². The molecule has 1 saturated heterocycles. The summed E-state index contributed by atoms with van der Waals surface area (Å²) in [7, 11) is -3.41. The average Bonchev–Trinajstić information content (AvgIpc) is 2.69. The fourth-order valence-electron chi connectivity index (χ4n) is 3.79. The van der Waals surface area contributed by atoms with Gasteiger partial charge in [0.2, 0.25) is 10.0 Å². The number of amides is 1. The van der Waals surface area contributed by atoms with Gasteiger partial charge in [0.15, 0.2) is 0 Å². The molecule has 0 aliphatic carbocycles. The average molecular weight is 430 g/mol. The number of hydrogen-bond acceptors (Lipinski definition) is 4. The number of sulfonamides is 1. The van der Waals surface area contributed by atoms with Crippen LogP contribution in [0.3, 0.4) is 0 Å². The molecule has 1 fully saturated rings. The van der Waals surface area contributed by atoms with Gasteiger partial charge < -0.3 is 10.2 Å². The molecule has 7 heteroatoms. The van der Waals surface area contributed by atoms with E-state index in [1.807, 2.05) is 6.92 Å². The number of benzene rings is 2. The van der Waals surface area contributed by atoms with Crippen molar-refractivity contribution in [3.63, 3.8) is 0 Å². The first kappa shape index (κ1) is 22.2. The first-order valence-corrected chi connectivity index (χ1v) is 12.3. The second-order valence-electron chi connectivity index (χ2n) is 8.31. The zero-order valence-corrected chi connectivity index (χ0v) is 18.9. The van der Waals surface area contributed by atoms with Crippen molar-refractivity contribution in [1.29, 1.82) is 0 Å². The Labute approximate surface area is 179 Å². The molecule has 3 rings (SSSR count). The molecule has 162 valence electrons. The predicted molar refractivity (Wildman–Crippen MR) is 123 cm³/mol. The van der Waals surface area contributed by atoms with Crippen LogP contribution in [-0.4, -0.2) is 33.7 Å². The van der Waals surface area contributed by atoms with E-state index in [1.165, 1.54) is 18.5 Å². The zero-order valence-electron chi connectivity index (χ0n) is 18.1. The van der Waals surface area contributed by atoms with E-state index in [0.29, 0.717) is 16.8 Å². The van der Waals surface area contributed by atoms with Crippen LogP contribution in [0.2, 0.25) is 0 Å². The Morgan fingerprint density at radius 3 is 2.33 bits per heavy atom. The minimum Gasteiger partial charge on any atom is -0.372 e. The molecule has 0 aromatic heterocycles. The van der Waals surface area contributed by atoms with Gasteiger partial charge in [0.05, 0.1) is 18.0 Å². The number of nitrogens with one attached hydrogen (secondary N) is 2. The van der Waals surface area contributed by atoms with Crippen molar-refractivity contribution in [1.82, 2.24) is 5.32 Å². The lowest BCUT2D eigenvalue weighted by molar-refractivity contribution is 0.0939. The lowest BCUT2D eigenvalue weighted by atomic mass is 9.98. The second-order valence-corrected chi connectivity index (χ2v) is 10.1. The molecule has 1 aliphatic heterocycles. The molecule has 0 saturated carbocycles. The van der Waals surface area contributed by atoms with Gasteiger partial charge in [-0.25, -0.2) is 8.42 Å². The van der Waals surface area contributed by atoms with Crippen LogP contribution in [0.25, 0.3) is 0 Å². The number of carbonyl (C=O) groups excluding carboxylic acids is 1. The summed E-state index contributed by atoms with van der Waals surface area (Å²) < 4.78 is 25.5. The summed E-state index contributed by atoms with van der Waals surface area (Å²) in [4.78, 5) is 15.2. The third kappa shape index (κ3) is 5.53. The fraction of sp³-hybridized carbons (Fsp3) is 0.435. The SMILES string of the molecule is Cc1c(NS(C)(=O)=O)cccc1C(=O)NC(C)c1ccc(N2CCC(C)CC2)cc1. The van der Waals surface area contributed by atoms with Crippen LogP contribution in [0, 0.1) is 12.8 Å². The quantitative estimate of drug-likeness (QED) is 0.725. The summed E-state index contributed by atoms with van der Waals surface area (Å²) in [6, 6.07) is 13.2. The minimum atomic E-state index is -3.41. The number of piperidine rings is 1. The van der Waals surface area contributed by atoms with Crippen LogP contribution in [0.5, 0.6) is 0 Å². The maximum absolute atomic E-state index is 12.8. The summed E-state index contributed by atoms with van der Waals surface area (Å²) in [6.45, 7) is 8.16. The van der Waals surface area contributed by atoms with Gasteiger partial charge in [-0.2, -0.15) is 0 Å². The highest BCUT2D eigenvalue weighted by molar-refractivity contribution is 7.92. The topological polar surface area (TPSA) is 78.5 Å². The Balaban J connectivity index is 1.68. The number of hydrogen-bond donors (Lipinski definition) is 2. The van der Waals surface area contributed by atoms with E-state index in [9.17, 15) is 13.2 Å². The lowest BCUT2D eigenvalue weighted by Gasteiger charge is -2.32. The van der Waals surface area contributed by atoms with Crippen LogP contribution in [-0.2, 0) is 10.0 Å². The van der Waals surface area contributed by atoms with E-state index in [0.717, 1.165) is 30.8 Å². The smallest absolute Gasteiger partial charge is 0.252 e. The first-order chi connectivity index (χ1) is 14.1. The molecule has 6 nitrogen and oxygen atoms in total. The van der Waals surface area contributed by atoms with E-state index < -0.39 is 10.0 Å². The van der Waals surface area contributed by atoms with Crippen molar-refractivity contribution >= 4 is 27.3 Å². The summed E-state index contributed by atoms with van der Waals surface area (Å²) in [5, 5.41) is 3.02. The van der Waals surface area contributed by atoms with Crippen molar-refractivity contribution in [2.75, 3.05) is 29.0 Å². The highest BCUT2D eigenvalue weighted by Crippen LogP contribution is 2.25. The maximum atomic E-state index is 12.8. The van der Waals surface area contributed by atoms with Gasteiger partial charge in [-0.1, -0.05) is 25.1 Å². The Bertz CT molecular complexity index is 995. The summed E-state index contributed by atoms with van der Waals surface area (Å²) >= 11 is 0. The number of rotatable bonds is 6. The van der Waals surface area contributed by atoms with Gasteiger partial charge in [-0.15, -0.1) is 0 Å². The minimum absolute atomic E-state index is 0.168. The Morgan fingerprint density at radius 2 is 1.73 bits per heavy atom. The summed E-state index contributed by atoms with van der Waals surface area (Å²) in [5.41, 5.74) is 3.72. The number of anilines is 2. The van der Waals surface area contributed by atoms with Gasteiger partial charge in [-0.05, 0) is 68.0 Å². The van der Waals surface area contributed by atoms with E-state index in [2.05, 4.69) is 46.1 Å². The van der Waals surface area contributed by atoms with Crippen LogP contribution in [0.4, 0.5) is 11.4 Å². The standard InChI is InChI=1S/C23H31N3O3S/c1-16-12-14-26(15-13-16)20-10-8-19(9-11-20)18(3)24-23(27)21-6-5-7-22(17(21)2)25-30(4,28)29/h5-11,16,18,25H,12-15H2,1-4H3,(H,24,27). The predicted octanol–water partition coefficient (Wildman–Crippen LogP) is 4.09. The molecule has 1 aliphatic rings. The van der Waals surface area contributed by atoms with Crippen molar-refractivity contribution in [2.45, 2.75) is 39.7 Å².